The molecule has 1 aliphatic rings. The number of piperidine rings is 1. The highest BCUT2D eigenvalue weighted by molar-refractivity contribution is 6.30. The standard InChI is InChI=1S/C14H19ClFNO/c1-2-9-5-6-17-13(7-9)14(18)10-3-4-11(15)12(16)8-10/h3-4,8-9,13-14,17-18H,2,5-7H2,1H3. The summed E-state index contributed by atoms with van der Waals surface area (Å²) in [5, 5.41) is 13.7. The zero-order chi connectivity index (χ0) is 13.1. The van der Waals surface area contributed by atoms with Gasteiger partial charge in [0.25, 0.3) is 0 Å². The van der Waals surface area contributed by atoms with Gasteiger partial charge in [-0.1, -0.05) is 31.0 Å². The quantitative estimate of drug-likeness (QED) is 0.884. The molecule has 1 aromatic carbocycles. The van der Waals surface area contributed by atoms with Crippen LogP contribution in [0.4, 0.5) is 4.39 Å². The average Bonchev–Trinajstić information content (AvgIpc) is 2.41. The molecule has 1 fully saturated rings. The first-order valence-electron chi connectivity index (χ1n) is 6.48. The van der Waals surface area contributed by atoms with Crippen molar-refractivity contribution in [3.05, 3.63) is 34.6 Å². The van der Waals surface area contributed by atoms with Crippen LogP contribution in [0.2, 0.25) is 5.02 Å². The van der Waals surface area contributed by atoms with Gasteiger partial charge in [-0.25, -0.2) is 4.39 Å². The molecular formula is C14H19ClFNO. The second-order valence-corrected chi connectivity index (χ2v) is 5.38. The van der Waals surface area contributed by atoms with Gasteiger partial charge in [0.15, 0.2) is 0 Å². The molecule has 0 radical (unpaired) electrons. The van der Waals surface area contributed by atoms with Crippen molar-refractivity contribution >= 4 is 11.6 Å². The molecule has 0 spiro atoms. The number of rotatable bonds is 3. The number of halogens is 2. The first kappa shape index (κ1) is 13.8. The molecule has 0 aliphatic carbocycles. The van der Waals surface area contributed by atoms with Crippen molar-refractivity contribution in [2.45, 2.75) is 38.3 Å². The highest BCUT2D eigenvalue weighted by Gasteiger charge is 2.27. The Labute approximate surface area is 112 Å². The minimum absolute atomic E-state index is 0.00396. The third-order valence-electron chi connectivity index (χ3n) is 3.79. The van der Waals surface area contributed by atoms with Gasteiger partial charge in [0.1, 0.15) is 5.82 Å². The normalized spacial score (nSPS) is 26.0. The van der Waals surface area contributed by atoms with Gasteiger partial charge in [-0.15, -0.1) is 0 Å². The first-order valence-corrected chi connectivity index (χ1v) is 6.86. The van der Waals surface area contributed by atoms with E-state index < -0.39 is 11.9 Å². The Balaban J connectivity index is 2.10. The average molecular weight is 272 g/mol. The lowest BCUT2D eigenvalue weighted by Crippen LogP contribution is -2.42. The van der Waals surface area contributed by atoms with Crippen molar-refractivity contribution in [1.29, 1.82) is 0 Å². The number of hydrogen-bond acceptors (Lipinski definition) is 2. The van der Waals surface area contributed by atoms with Crippen LogP contribution in [-0.2, 0) is 0 Å². The lowest BCUT2D eigenvalue weighted by atomic mass is 9.86. The van der Waals surface area contributed by atoms with Crippen LogP contribution < -0.4 is 5.32 Å². The summed E-state index contributed by atoms with van der Waals surface area (Å²) < 4.78 is 13.4. The molecule has 0 aromatic heterocycles. The maximum absolute atomic E-state index is 13.4. The van der Waals surface area contributed by atoms with Gasteiger partial charge >= 0.3 is 0 Å². The maximum Gasteiger partial charge on any atom is 0.142 e. The molecule has 3 unspecified atom stereocenters. The summed E-state index contributed by atoms with van der Waals surface area (Å²) in [7, 11) is 0. The van der Waals surface area contributed by atoms with Crippen molar-refractivity contribution in [3.63, 3.8) is 0 Å². The molecule has 1 aromatic rings. The van der Waals surface area contributed by atoms with E-state index in [1.165, 1.54) is 12.1 Å². The van der Waals surface area contributed by atoms with Crippen LogP contribution in [0.5, 0.6) is 0 Å². The fourth-order valence-electron chi connectivity index (χ4n) is 2.57. The second-order valence-electron chi connectivity index (χ2n) is 4.98. The number of hydrogen-bond donors (Lipinski definition) is 2. The predicted molar refractivity (Wildman–Crippen MR) is 71.2 cm³/mol. The van der Waals surface area contributed by atoms with Gasteiger partial charge in [0.2, 0.25) is 0 Å². The zero-order valence-electron chi connectivity index (χ0n) is 10.5. The van der Waals surface area contributed by atoms with Crippen molar-refractivity contribution in [3.8, 4) is 0 Å². The zero-order valence-corrected chi connectivity index (χ0v) is 11.3. The smallest absolute Gasteiger partial charge is 0.142 e. The summed E-state index contributed by atoms with van der Waals surface area (Å²) in [6.45, 7) is 3.08. The van der Waals surface area contributed by atoms with E-state index >= 15 is 0 Å². The third kappa shape index (κ3) is 3.02. The maximum atomic E-state index is 13.4. The molecule has 4 heteroatoms. The number of nitrogens with one attached hydrogen (secondary N) is 1. The van der Waals surface area contributed by atoms with E-state index in [4.69, 9.17) is 11.6 Å². The first-order chi connectivity index (χ1) is 8.61. The summed E-state index contributed by atoms with van der Waals surface area (Å²) in [4.78, 5) is 0. The van der Waals surface area contributed by atoms with E-state index in [2.05, 4.69) is 12.2 Å². The Morgan fingerprint density at radius 3 is 3.00 bits per heavy atom. The molecule has 2 nitrogen and oxygen atoms in total. The molecule has 1 saturated heterocycles. The predicted octanol–water partition coefficient (Wildman–Crippen LogP) is 3.29. The van der Waals surface area contributed by atoms with Gasteiger partial charge in [-0.2, -0.15) is 0 Å². The van der Waals surface area contributed by atoms with Crippen LogP contribution in [0.1, 0.15) is 37.9 Å². The summed E-state index contributed by atoms with van der Waals surface area (Å²) in [6, 6.07) is 4.51. The molecule has 2 rings (SSSR count). The Hall–Kier alpha value is -0.640. The van der Waals surface area contributed by atoms with Crippen LogP contribution in [0.3, 0.4) is 0 Å². The lowest BCUT2D eigenvalue weighted by Gasteiger charge is -2.33. The Morgan fingerprint density at radius 2 is 2.33 bits per heavy atom. The molecule has 100 valence electrons. The van der Waals surface area contributed by atoms with E-state index in [0.717, 1.165) is 25.8 Å². The monoisotopic (exact) mass is 271 g/mol. The summed E-state index contributed by atoms with van der Waals surface area (Å²) in [6.07, 6.45) is 2.53. The minimum Gasteiger partial charge on any atom is -0.387 e. The van der Waals surface area contributed by atoms with Gasteiger partial charge in [-0.05, 0) is 43.0 Å². The number of aliphatic hydroxyl groups excluding tert-OH is 1. The van der Waals surface area contributed by atoms with E-state index in [1.807, 2.05) is 0 Å². The fourth-order valence-corrected chi connectivity index (χ4v) is 2.69. The van der Waals surface area contributed by atoms with Crippen molar-refractivity contribution < 1.29 is 9.50 Å². The summed E-state index contributed by atoms with van der Waals surface area (Å²) in [5.74, 6) is 0.166. The molecule has 0 bridgehead atoms. The Kier molecular flexibility index (Phi) is 4.60. The second kappa shape index (κ2) is 6.00. The molecule has 18 heavy (non-hydrogen) atoms. The minimum atomic E-state index is -0.675. The Morgan fingerprint density at radius 1 is 1.56 bits per heavy atom. The van der Waals surface area contributed by atoms with Crippen molar-refractivity contribution in [2.75, 3.05) is 6.54 Å². The lowest BCUT2D eigenvalue weighted by molar-refractivity contribution is 0.0976. The van der Waals surface area contributed by atoms with Crippen LogP contribution in [0.25, 0.3) is 0 Å². The molecule has 3 atom stereocenters. The molecule has 2 N–H and O–H groups in total. The number of aliphatic hydroxyl groups is 1. The molecule has 1 aliphatic heterocycles. The summed E-state index contributed by atoms with van der Waals surface area (Å²) in [5.41, 5.74) is 0.589. The van der Waals surface area contributed by atoms with Gasteiger partial charge in [0.05, 0.1) is 11.1 Å². The van der Waals surface area contributed by atoms with E-state index in [1.54, 1.807) is 6.07 Å². The van der Waals surface area contributed by atoms with Crippen molar-refractivity contribution in [2.24, 2.45) is 5.92 Å². The third-order valence-corrected chi connectivity index (χ3v) is 4.10. The van der Waals surface area contributed by atoms with Crippen LogP contribution in [0.15, 0.2) is 18.2 Å². The van der Waals surface area contributed by atoms with Crippen LogP contribution in [0, 0.1) is 11.7 Å². The van der Waals surface area contributed by atoms with Crippen LogP contribution in [-0.4, -0.2) is 17.7 Å². The molecule has 1 heterocycles. The number of benzene rings is 1. The van der Waals surface area contributed by atoms with Gasteiger partial charge < -0.3 is 10.4 Å². The summed E-state index contributed by atoms with van der Waals surface area (Å²) >= 11 is 5.64. The Bertz CT molecular complexity index is 413. The van der Waals surface area contributed by atoms with E-state index in [9.17, 15) is 9.50 Å². The molecule has 0 amide bonds. The fraction of sp³-hybridized carbons (Fsp3) is 0.571. The molecule has 0 saturated carbocycles. The van der Waals surface area contributed by atoms with Crippen molar-refractivity contribution in [1.82, 2.24) is 5.32 Å². The van der Waals surface area contributed by atoms with Crippen LogP contribution >= 0.6 is 11.6 Å². The SMILES string of the molecule is CCC1CCNC(C(O)c2ccc(Cl)c(F)c2)C1. The molecular weight excluding hydrogens is 253 g/mol. The van der Waals surface area contributed by atoms with E-state index in [0.29, 0.717) is 11.5 Å². The highest BCUT2D eigenvalue weighted by atomic mass is 35.5. The van der Waals surface area contributed by atoms with Gasteiger partial charge in [-0.3, -0.25) is 0 Å². The highest BCUT2D eigenvalue weighted by Crippen LogP contribution is 2.29. The topological polar surface area (TPSA) is 32.3 Å². The largest absolute Gasteiger partial charge is 0.387 e. The van der Waals surface area contributed by atoms with E-state index in [-0.39, 0.29) is 11.1 Å². The van der Waals surface area contributed by atoms with Gasteiger partial charge in [0, 0.05) is 6.04 Å².